The van der Waals surface area contributed by atoms with Gasteiger partial charge in [-0.1, -0.05) is 321 Å². The summed E-state index contributed by atoms with van der Waals surface area (Å²) < 4.78 is 0. The Labute approximate surface area is 565 Å². The minimum absolute atomic E-state index is 0.162. The fraction of sp³-hybridized carbons (Fsp3) is 0.0323. The van der Waals surface area contributed by atoms with Crippen LogP contribution in [0.4, 0.5) is 34.1 Å². The van der Waals surface area contributed by atoms with E-state index in [-0.39, 0.29) is 5.92 Å². The SMILES string of the molecule is Cc1ccc(N(/C=C(\c2ccccc2)c2cccc(-c3cccc(/C(=C/N(c4ccccc4)c4ccc(-c5ccc(N(CC(c6ccccc6)c6ccccc6)c6ccccc6)cc5)cc4)c4ccccc4)c3)c2)c2ccc(/C=C/C=C/c3ccccc3)c3ccccc23)cc1. The van der Waals surface area contributed by atoms with E-state index in [0.29, 0.717) is 0 Å². The van der Waals surface area contributed by atoms with Crippen LogP contribution >= 0.6 is 0 Å². The normalized spacial score (nSPS) is 11.8. The van der Waals surface area contributed by atoms with Crippen LogP contribution in [0.15, 0.2) is 395 Å². The lowest BCUT2D eigenvalue weighted by atomic mass is 9.90. The molecule has 0 aromatic heterocycles. The Kier molecular flexibility index (Phi) is 18.8. The number of rotatable bonds is 21. The summed E-state index contributed by atoms with van der Waals surface area (Å²) in [6, 6.07) is 133. The van der Waals surface area contributed by atoms with Gasteiger partial charge in [-0.25, -0.2) is 0 Å². The smallest absolute Gasteiger partial charge is 0.0534 e. The van der Waals surface area contributed by atoms with Crippen molar-refractivity contribution in [2.24, 2.45) is 0 Å². The minimum atomic E-state index is 0.162. The second-order valence-electron chi connectivity index (χ2n) is 24.2. The molecule has 14 aromatic rings. The molecule has 0 N–H and O–H groups in total. The van der Waals surface area contributed by atoms with Gasteiger partial charge in [-0.05, 0) is 158 Å². The molecule has 0 aliphatic carbocycles. The van der Waals surface area contributed by atoms with E-state index < -0.39 is 0 Å². The van der Waals surface area contributed by atoms with E-state index >= 15 is 0 Å². The summed E-state index contributed by atoms with van der Waals surface area (Å²) in [7, 11) is 0. The Morgan fingerprint density at radius 1 is 0.302 bits per heavy atom. The standard InChI is InChI=1S/C93H73N3/c1-70-51-58-87(59-52-70)96(93-64-57-78(88-49-25-26-50-89(88)93)40-24-23-31-71-29-9-2-10-30-71)69-92(77-38-17-6-18-39-77)82-44-28-42-80(66-82)79-41-27-43-81(65-79)91(76-36-15-5-16-37-76)68-95(84-47-21-8-22-48-84)86-62-55-73(56-63-86)72-53-60-85(61-54-72)94(83-45-19-7-20-46-83)67-90(74-32-11-3-12-33-74)75-34-13-4-14-35-75/h2-66,68-69,90H,67H2,1H3/b31-23+,40-24+,91-68+,92-69+. The molecule has 0 saturated carbocycles. The number of hydrogen-bond acceptors (Lipinski definition) is 3. The van der Waals surface area contributed by atoms with Gasteiger partial charge in [0, 0.05) is 69.8 Å². The summed E-state index contributed by atoms with van der Waals surface area (Å²) in [4.78, 5) is 7.15. The summed E-state index contributed by atoms with van der Waals surface area (Å²) in [6.45, 7) is 2.93. The molecular formula is C93H73N3. The number of nitrogens with zero attached hydrogens (tertiary/aromatic N) is 3. The number of anilines is 6. The molecule has 460 valence electrons. The second kappa shape index (κ2) is 29.5. The second-order valence-corrected chi connectivity index (χ2v) is 24.2. The van der Waals surface area contributed by atoms with Crippen molar-refractivity contribution in [3.63, 3.8) is 0 Å². The zero-order chi connectivity index (χ0) is 64.7. The molecule has 0 unspecified atom stereocenters. The third-order valence-electron chi connectivity index (χ3n) is 17.9. The van der Waals surface area contributed by atoms with Gasteiger partial charge in [-0.3, -0.25) is 0 Å². The largest absolute Gasteiger partial charge is 0.341 e. The first-order valence-corrected chi connectivity index (χ1v) is 33.0. The van der Waals surface area contributed by atoms with Gasteiger partial charge < -0.3 is 14.7 Å². The zero-order valence-electron chi connectivity index (χ0n) is 53.8. The molecule has 0 atom stereocenters. The first-order chi connectivity index (χ1) is 47.5. The van der Waals surface area contributed by atoms with Crippen LogP contribution in [0.2, 0.25) is 0 Å². The van der Waals surface area contributed by atoms with Crippen LogP contribution in [0.3, 0.4) is 0 Å². The van der Waals surface area contributed by atoms with Gasteiger partial charge >= 0.3 is 0 Å². The van der Waals surface area contributed by atoms with Crippen molar-refractivity contribution in [1.29, 1.82) is 0 Å². The molecule has 14 rings (SSSR count). The molecule has 0 bridgehead atoms. The maximum atomic E-state index is 2.45. The number of allylic oxidation sites excluding steroid dienone is 2. The number of fused-ring (bicyclic) bond motifs is 1. The summed E-state index contributed by atoms with van der Waals surface area (Å²) in [5, 5.41) is 2.34. The van der Waals surface area contributed by atoms with E-state index in [1.54, 1.807) is 0 Å². The Bertz CT molecular complexity index is 4930. The predicted octanol–water partition coefficient (Wildman–Crippen LogP) is 24.6. The Morgan fingerprint density at radius 2 is 0.698 bits per heavy atom. The monoisotopic (exact) mass is 1230 g/mol. The van der Waals surface area contributed by atoms with Crippen molar-refractivity contribution < 1.29 is 0 Å². The summed E-state index contributed by atoms with van der Waals surface area (Å²) in [6.07, 6.45) is 13.2. The number of para-hydroxylation sites is 2. The third kappa shape index (κ3) is 14.3. The van der Waals surface area contributed by atoms with Crippen molar-refractivity contribution in [2.75, 3.05) is 21.2 Å². The average Bonchev–Trinajstić information content (AvgIpc) is 0.831. The van der Waals surface area contributed by atoms with Gasteiger partial charge in [0.15, 0.2) is 0 Å². The van der Waals surface area contributed by atoms with E-state index in [4.69, 9.17) is 0 Å². The van der Waals surface area contributed by atoms with Gasteiger partial charge in [0.25, 0.3) is 0 Å². The molecule has 0 radical (unpaired) electrons. The highest BCUT2D eigenvalue weighted by molar-refractivity contribution is 6.02. The maximum Gasteiger partial charge on any atom is 0.0534 e. The molecule has 0 amide bonds. The molecule has 96 heavy (non-hydrogen) atoms. The van der Waals surface area contributed by atoms with Crippen molar-refractivity contribution in [2.45, 2.75) is 12.8 Å². The fourth-order valence-electron chi connectivity index (χ4n) is 12.9. The van der Waals surface area contributed by atoms with E-state index in [9.17, 15) is 0 Å². The Morgan fingerprint density at radius 3 is 1.24 bits per heavy atom. The average molecular weight is 1230 g/mol. The number of benzene rings is 14. The van der Waals surface area contributed by atoms with Crippen molar-refractivity contribution in [1.82, 2.24) is 0 Å². The fourth-order valence-corrected chi connectivity index (χ4v) is 12.9. The van der Waals surface area contributed by atoms with Crippen LogP contribution in [-0.2, 0) is 0 Å². The van der Waals surface area contributed by atoms with E-state index in [1.165, 1.54) is 27.6 Å². The maximum absolute atomic E-state index is 2.45. The molecule has 0 saturated heterocycles. The quantitative estimate of drug-likeness (QED) is 0.0664. The molecule has 3 heteroatoms. The molecule has 0 aliphatic heterocycles. The highest BCUT2D eigenvalue weighted by Gasteiger charge is 2.22. The number of aryl methyl sites for hydroxylation is 1. The van der Waals surface area contributed by atoms with Gasteiger partial charge in [0.05, 0.1) is 5.69 Å². The van der Waals surface area contributed by atoms with Crippen LogP contribution in [0, 0.1) is 6.92 Å². The van der Waals surface area contributed by atoms with Crippen LogP contribution in [-0.4, -0.2) is 6.54 Å². The van der Waals surface area contributed by atoms with Crippen LogP contribution in [0.5, 0.6) is 0 Å². The minimum Gasteiger partial charge on any atom is -0.341 e. The van der Waals surface area contributed by atoms with Crippen molar-refractivity contribution >= 4 is 68.2 Å². The molecule has 0 spiro atoms. The molecule has 0 heterocycles. The summed E-state index contributed by atoms with van der Waals surface area (Å²) in [5.74, 6) is 0.162. The van der Waals surface area contributed by atoms with Crippen molar-refractivity contribution in [3.8, 4) is 22.3 Å². The Balaban J connectivity index is 0.798. The van der Waals surface area contributed by atoms with Crippen LogP contribution in [0.1, 0.15) is 56.0 Å². The van der Waals surface area contributed by atoms with Crippen molar-refractivity contribution in [3.05, 3.63) is 445 Å². The van der Waals surface area contributed by atoms with Crippen LogP contribution in [0.25, 0.3) is 56.3 Å². The van der Waals surface area contributed by atoms with E-state index in [2.05, 4.69) is 422 Å². The summed E-state index contributed by atoms with van der Waals surface area (Å²) >= 11 is 0. The zero-order valence-corrected chi connectivity index (χ0v) is 53.8. The third-order valence-corrected chi connectivity index (χ3v) is 17.9. The first kappa shape index (κ1) is 61.2. The highest BCUT2D eigenvalue weighted by atomic mass is 15.1. The molecular weight excluding hydrogens is 1160 g/mol. The van der Waals surface area contributed by atoms with E-state index in [0.717, 1.165) is 107 Å². The van der Waals surface area contributed by atoms with Gasteiger partial charge in [-0.2, -0.15) is 0 Å². The predicted molar refractivity (Wildman–Crippen MR) is 409 cm³/mol. The highest BCUT2D eigenvalue weighted by Crippen LogP contribution is 2.41. The van der Waals surface area contributed by atoms with Gasteiger partial charge in [-0.15, -0.1) is 0 Å². The topological polar surface area (TPSA) is 9.72 Å². The molecule has 0 fully saturated rings. The molecule has 0 aliphatic rings. The lowest BCUT2D eigenvalue weighted by molar-refractivity contribution is 0.793. The molecule has 3 nitrogen and oxygen atoms in total. The first-order valence-electron chi connectivity index (χ1n) is 33.0. The van der Waals surface area contributed by atoms with E-state index in [1.807, 2.05) is 6.07 Å². The summed E-state index contributed by atoms with van der Waals surface area (Å²) in [5.41, 5.74) is 23.9. The Hall–Kier alpha value is -12.3. The number of hydrogen-bond donors (Lipinski definition) is 0. The van der Waals surface area contributed by atoms with Crippen LogP contribution < -0.4 is 14.7 Å². The van der Waals surface area contributed by atoms with Gasteiger partial charge in [0.2, 0.25) is 0 Å². The van der Waals surface area contributed by atoms with Gasteiger partial charge in [0.1, 0.15) is 0 Å². The lowest BCUT2D eigenvalue weighted by Crippen LogP contribution is -2.24. The lowest BCUT2D eigenvalue weighted by Gasteiger charge is -2.30. The molecule has 14 aromatic carbocycles.